The number of ether oxygens (including phenoxy) is 5. The number of carbonyl (C=O) groups is 2. The van der Waals surface area contributed by atoms with E-state index in [1.54, 1.807) is 6.92 Å². The summed E-state index contributed by atoms with van der Waals surface area (Å²) in [6, 6.07) is 0. The fourth-order valence-electron chi connectivity index (χ4n) is 3.78. The number of aliphatic hydroxyl groups is 4. The Morgan fingerprint density at radius 2 is 1.93 bits per heavy atom. The Morgan fingerprint density at radius 3 is 2.57 bits per heavy atom. The molecule has 3 heterocycles. The molecular formula is C17H24O11. The number of fused-ring (bicyclic) bond motifs is 1. The van der Waals surface area contributed by atoms with Gasteiger partial charge in [0, 0.05) is 5.92 Å². The van der Waals surface area contributed by atoms with Gasteiger partial charge in [-0.1, -0.05) is 0 Å². The molecule has 3 rings (SSSR count). The first kappa shape index (κ1) is 21.0. The van der Waals surface area contributed by atoms with Gasteiger partial charge in [0.05, 0.1) is 37.9 Å². The van der Waals surface area contributed by atoms with Gasteiger partial charge in [0.25, 0.3) is 0 Å². The lowest BCUT2D eigenvalue weighted by atomic mass is 9.77. The number of esters is 2. The number of hydrogen-bond donors (Lipinski definition) is 4. The molecule has 2 fully saturated rings. The van der Waals surface area contributed by atoms with E-state index in [0.717, 1.165) is 6.26 Å². The second kappa shape index (κ2) is 8.31. The molecule has 0 aromatic rings. The molecule has 9 atom stereocenters. The largest absolute Gasteiger partial charge is 0.471 e. The van der Waals surface area contributed by atoms with Crippen LogP contribution in [0.15, 0.2) is 11.8 Å². The maximum atomic E-state index is 12.0. The highest BCUT2D eigenvalue weighted by atomic mass is 16.8. The summed E-state index contributed by atoms with van der Waals surface area (Å²) in [6.07, 6.45) is -8.08. The smallest absolute Gasteiger partial charge is 0.337 e. The number of aliphatic hydroxyl groups excluding tert-OH is 4. The van der Waals surface area contributed by atoms with E-state index in [0.29, 0.717) is 0 Å². The second-order valence-electron chi connectivity index (χ2n) is 6.99. The Kier molecular flexibility index (Phi) is 6.22. The zero-order valence-corrected chi connectivity index (χ0v) is 15.3. The van der Waals surface area contributed by atoms with Gasteiger partial charge in [0.15, 0.2) is 6.29 Å². The molecule has 28 heavy (non-hydrogen) atoms. The van der Waals surface area contributed by atoms with Crippen LogP contribution in [0.3, 0.4) is 0 Å². The normalized spacial score (nSPS) is 43.3. The zero-order chi connectivity index (χ0) is 20.6. The summed E-state index contributed by atoms with van der Waals surface area (Å²) >= 11 is 0. The van der Waals surface area contributed by atoms with Crippen LogP contribution in [-0.4, -0.2) is 89.2 Å². The highest BCUT2D eigenvalue weighted by Crippen LogP contribution is 2.41. The molecule has 0 aliphatic carbocycles. The molecule has 0 aromatic carbocycles. The summed E-state index contributed by atoms with van der Waals surface area (Å²) in [7, 11) is 1.21. The molecule has 2 saturated heterocycles. The molecule has 4 N–H and O–H groups in total. The maximum Gasteiger partial charge on any atom is 0.337 e. The van der Waals surface area contributed by atoms with Crippen LogP contribution in [-0.2, 0) is 33.3 Å². The topological polar surface area (TPSA) is 161 Å². The lowest BCUT2D eigenvalue weighted by Gasteiger charge is -2.45. The summed E-state index contributed by atoms with van der Waals surface area (Å²) in [5, 5.41) is 39.2. The van der Waals surface area contributed by atoms with Crippen molar-refractivity contribution in [2.75, 3.05) is 13.7 Å². The van der Waals surface area contributed by atoms with Crippen molar-refractivity contribution in [1.29, 1.82) is 0 Å². The van der Waals surface area contributed by atoms with Gasteiger partial charge in [-0.3, -0.25) is 4.79 Å². The first-order valence-corrected chi connectivity index (χ1v) is 8.87. The van der Waals surface area contributed by atoms with E-state index in [2.05, 4.69) is 0 Å². The standard InChI is InChI=1S/C17H24O11/c1-6-11-7(3-10(19)26-6)8(15(23)24-2)5-25-16(11)28-17-14(22)13(21)12(20)9(4-18)27-17/h5-7,9,11-14,16-18,20-22H,3-4H2,1-2H3/t6-,7+,9+,11?,12+,13+,14+,16-,17-/m0/s1. The molecule has 0 amide bonds. The van der Waals surface area contributed by atoms with Crippen molar-refractivity contribution >= 4 is 11.9 Å². The van der Waals surface area contributed by atoms with Crippen molar-refractivity contribution in [2.45, 2.75) is 56.4 Å². The number of hydrogen-bond acceptors (Lipinski definition) is 11. The third kappa shape index (κ3) is 3.73. The van der Waals surface area contributed by atoms with Crippen molar-refractivity contribution in [1.82, 2.24) is 0 Å². The summed E-state index contributed by atoms with van der Waals surface area (Å²) < 4.78 is 26.5. The molecule has 11 nitrogen and oxygen atoms in total. The molecule has 0 bridgehead atoms. The molecule has 0 radical (unpaired) electrons. The third-order valence-electron chi connectivity index (χ3n) is 5.29. The van der Waals surface area contributed by atoms with Crippen molar-refractivity contribution in [3.63, 3.8) is 0 Å². The Bertz CT molecular complexity index is 633. The van der Waals surface area contributed by atoms with Gasteiger partial charge in [0.1, 0.15) is 30.5 Å². The Hall–Kier alpha value is -1.76. The molecule has 3 aliphatic rings. The minimum atomic E-state index is -1.62. The molecular weight excluding hydrogens is 380 g/mol. The first-order chi connectivity index (χ1) is 13.3. The summed E-state index contributed by atoms with van der Waals surface area (Å²) in [5.41, 5.74) is 0.157. The van der Waals surface area contributed by atoms with Crippen LogP contribution in [0.25, 0.3) is 0 Å². The number of cyclic esters (lactones) is 1. The van der Waals surface area contributed by atoms with Gasteiger partial charge in [-0.25, -0.2) is 4.79 Å². The molecule has 0 aromatic heterocycles. The Balaban J connectivity index is 1.82. The average molecular weight is 404 g/mol. The van der Waals surface area contributed by atoms with Crippen LogP contribution < -0.4 is 0 Å². The third-order valence-corrected chi connectivity index (χ3v) is 5.29. The van der Waals surface area contributed by atoms with E-state index in [-0.39, 0.29) is 12.0 Å². The number of carbonyl (C=O) groups excluding carboxylic acids is 2. The van der Waals surface area contributed by atoms with Crippen LogP contribution in [0.5, 0.6) is 0 Å². The molecule has 3 aliphatic heterocycles. The monoisotopic (exact) mass is 404 g/mol. The minimum absolute atomic E-state index is 0.0894. The summed E-state index contributed by atoms with van der Waals surface area (Å²) in [5.74, 6) is -2.36. The van der Waals surface area contributed by atoms with Gasteiger partial charge in [0.2, 0.25) is 6.29 Å². The van der Waals surface area contributed by atoms with Gasteiger partial charge < -0.3 is 44.1 Å². The van der Waals surface area contributed by atoms with E-state index < -0.39 is 73.5 Å². The van der Waals surface area contributed by atoms with Gasteiger partial charge >= 0.3 is 11.9 Å². The van der Waals surface area contributed by atoms with E-state index in [1.807, 2.05) is 0 Å². The molecule has 0 saturated carbocycles. The number of rotatable bonds is 4. The highest BCUT2D eigenvalue weighted by molar-refractivity contribution is 5.90. The lowest BCUT2D eigenvalue weighted by Crippen LogP contribution is -2.61. The summed E-state index contributed by atoms with van der Waals surface area (Å²) in [6.45, 7) is 1.00. The van der Waals surface area contributed by atoms with Crippen molar-refractivity contribution < 1.29 is 53.7 Å². The Labute approximate surface area is 160 Å². The quantitative estimate of drug-likeness (QED) is 0.376. The van der Waals surface area contributed by atoms with E-state index >= 15 is 0 Å². The Morgan fingerprint density at radius 1 is 1.21 bits per heavy atom. The second-order valence-corrected chi connectivity index (χ2v) is 6.99. The fourth-order valence-corrected chi connectivity index (χ4v) is 3.78. The van der Waals surface area contributed by atoms with Gasteiger partial charge in [-0.15, -0.1) is 0 Å². The van der Waals surface area contributed by atoms with E-state index in [9.17, 15) is 30.0 Å². The highest BCUT2D eigenvalue weighted by Gasteiger charge is 2.51. The predicted molar refractivity (Wildman–Crippen MR) is 87.0 cm³/mol. The molecule has 11 heteroatoms. The van der Waals surface area contributed by atoms with Gasteiger partial charge in [-0.05, 0) is 6.92 Å². The molecule has 1 unspecified atom stereocenters. The van der Waals surface area contributed by atoms with Crippen LogP contribution in [0.2, 0.25) is 0 Å². The van der Waals surface area contributed by atoms with Crippen molar-refractivity contribution in [3.8, 4) is 0 Å². The molecule has 0 spiro atoms. The predicted octanol–water partition coefficient (Wildman–Crippen LogP) is -2.22. The lowest BCUT2D eigenvalue weighted by molar-refractivity contribution is -0.346. The average Bonchev–Trinajstić information content (AvgIpc) is 2.67. The first-order valence-electron chi connectivity index (χ1n) is 8.87. The van der Waals surface area contributed by atoms with Crippen molar-refractivity contribution in [2.24, 2.45) is 11.8 Å². The maximum absolute atomic E-state index is 12.0. The van der Waals surface area contributed by atoms with Crippen LogP contribution in [0, 0.1) is 11.8 Å². The minimum Gasteiger partial charge on any atom is -0.471 e. The number of methoxy groups -OCH3 is 1. The van der Waals surface area contributed by atoms with Crippen LogP contribution >= 0.6 is 0 Å². The zero-order valence-electron chi connectivity index (χ0n) is 15.3. The van der Waals surface area contributed by atoms with Crippen LogP contribution in [0.4, 0.5) is 0 Å². The van der Waals surface area contributed by atoms with E-state index in [4.69, 9.17) is 23.7 Å². The summed E-state index contributed by atoms with van der Waals surface area (Å²) in [4.78, 5) is 23.9. The van der Waals surface area contributed by atoms with E-state index in [1.165, 1.54) is 7.11 Å². The fraction of sp³-hybridized carbons (Fsp3) is 0.765. The van der Waals surface area contributed by atoms with Gasteiger partial charge in [-0.2, -0.15) is 0 Å². The van der Waals surface area contributed by atoms with Crippen LogP contribution in [0.1, 0.15) is 13.3 Å². The molecule has 158 valence electrons. The van der Waals surface area contributed by atoms with Crippen molar-refractivity contribution in [3.05, 3.63) is 11.8 Å². The SMILES string of the molecule is COC(=O)C1=CO[C@@H](O[C@@H]2O[C@H](CO)[C@@H](O)[C@@H](O)[C@H]2O)C2[C@H](C)OC(=O)C[C@H]12.